The monoisotopic (exact) mass is 453 g/mol. The predicted molar refractivity (Wildman–Crippen MR) is 114 cm³/mol. The molecule has 0 radical (unpaired) electrons. The molecule has 0 saturated carbocycles. The van der Waals surface area contributed by atoms with Crippen molar-refractivity contribution in [3.63, 3.8) is 0 Å². The van der Waals surface area contributed by atoms with Crippen molar-refractivity contribution in [2.45, 2.75) is 17.1 Å². The molecule has 2 fully saturated rings. The van der Waals surface area contributed by atoms with Crippen LogP contribution >= 0.6 is 11.3 Å². The lowest BCUT2D eigenvalue weighted by molar-refractivity contribution is -0.120. The normalized spacial score (nSPS) is 19.0. The highest BCUT2D eigenvalue weighted by atomic mass is 32.2. The zero-order valence-corrected chi connectivity index (χ0v) is 18.1. The maximum atomic E-state index is 14.5. The van der Waals surface area contributed by atoms with E-state index >= 15 is 0 Å². The number of anilines is 2. The van der Waals surface area contributed by atoms with Crippen molar-refractivity contribution < 1.29 is 22.3 Å². The quantitative estimate of drug-likeness (QED) is 0.753. The second-order valence-corrected chi connectivity index (χ2v) is 10.5. The molecule has 0 atom stereocenters. The van der Waals surface area contributed by atoms with Crippen molar-refractivity contribution >= 4 is 38.6 Å². The molecule has 7 nitrogen and oxygen atoms in total. The molecule has 1 aromatic heterocycles. The Morgan fingerprint density at radius 1 is 1.13 bits per heavy atom. The van der Waals surface area contributed by atoms with Crippen molar-refractivity contribution in [3.8, 4) is 0 Å². The topological polar surface area (TPSA) is 79.0 Å². The zero-order chi connectivity index (χ0) is 21.1. The first kappa shape index (κ1) is 21.2. The van der Waals surface area contributed by atoms with Gasteiger partial charge in [-0.3, -0.25) is 4.79 Å². The second kappa shape index (κ2) is 9.01. The van der Waals surface area contributed by atoms with Gasteiger partial charge in [-0.2, -0.15) is 4.31 Å². The first-order chi connectivity index (χ1) is 14.4. The van der Waals surface area contributed by atoms with Gasteiger partial charge in [0.1, 0.15) is 10.0 Å². The van der Waals surface area contributed by atoms with Crippen LogP contribution in [0, 0.1) is 11.7 Å². The fourth-order valence-corrected chi connectivity index (χ4v) is 6.40. The van der Waals surface area contributed by atoms with Gasteiger partial charge < -0.3 is 15.0 Å². The van der Waals surface area contributed by atoms with Gasteiger partial charge in [0.05, 0.1) is 18.9 Å². The molecule has 162 valence electrons. The Labute approximate surface area is 179 Å². The average molecular weight is 454 g/mol. The highest BCUT2D eigenvalue weighted by Crippen LogP contribution is 2.28. The molecule has 1 amide bonds. The summed E-state index contributed by atoms with van der Waals surface area (Å²) in [4.78, 5) is 14.5. The van der Waals surface area contributed by atoms with Crippen LogP contribution in [0.25, 0.3) is 0 Å². The maximum absolute atomic E-state index is 14.5. The van der Waals surface area contributed by atoms with Crippen molar-refractivity contribution in [3.05, 3.63) is 41.5 Å². The number of piperidine rings is 1. The summed E-state index contributed by atoms with van der Waals surface area (Å²) >= 11 is 1.19. The Bertz CT molecular complexity index is 983. The molecule has 0 bridgehead atoms. The first-order valence-corrected chi connectivity index (χ1v) is 12.2. The maximum Gasteiger partial charge on any atom is 0.252 e. The number of hydrogen-bond donors (Lipinski definition) is 1. The Kier molecular flexibility index (Phi) is 6.37. The standard InChI is InChI=1S/C20H24FN3O4S2/c21-17-14-16(3-4-18(17)23-9-11-28-12-10-23)22-20(25)15-5-7-24(8-6-15)30(26,27)19-2-1-13-29-19/h1-4,13-15H,5-12H2,(H,22,25). The lowest BCUT2D eigenvalue weighted by atomic mass is 9.97. The van der Waals surface area contributed by atoms with Gasteiger partial charge in [-0.1, -0.05) is 6.07 Å². The van der Waals surface area contributed by atoms with Gasteiger partial charge in [-0.25, -0.2) is 12.8 Å². The largest absolute Gasteiger partial charge is 0.378 e. The number of rotatable bonds is 5. The molecule has 2 saturated heterocycles. The van der Waals surface area contributed by atoms with E-state index in [0.717, 1.165) is 0 Å². The second-order valence-electron chi connectivity index (χ2n) is 7.37. The minimum Gasteiger partial charge on any atom is -0.378 e. The molecular weight excluding hydrogens is 429 g/mol. The van der Waals surface area contributed by atoms with E-state index in [1.165, 1.54) is 21.7 Å². The van der Waals surface area contributed by atoms with Crippen LogP contribution in [0.4, 0.5) is 15.8 Å². The van der Waals surface area contributed by atoms with Gasteiger partial charge in [0.25, 0.3) is 10.0 Å². The fourth-order valence-electron chi connectivity index (χ4n) is 3.79. The predicted octanol–water partition coefficient (Wildman–Crippen LogP) is 2.76. The van der Waals surface area contributed by atoms with Gasteiger partial charge in [0.2, 0.25) is 5.91 Å². The number of carbonyl (C=O) groups is 1. The van der Waals surface area contributed by atoms with Crippen LogP contribution in [-0.2, 0) is 19.6 Å². The van der Waals surface area contributed by atoms with Crippen LogP contribution in [0.3, 0.4) is 0 Å². The van der Waals surface area contributed by atoms with E-state index in [4.69, 9.17) is 4.74 Å². The van der Waals surface area contributed by atoms with Gasteiger partial charge in [0.15, 0.2) is 0 Å². The third-order valence-electron chi connectivity index (χ3n) is 5.48. The average Bonchev–Trinajstić information content (AvgIpc) is 3.30. The van der Waals surface area contributed by atoms with E-state index in [9.17, 15) is 17.6 Å². The summed E-state index contributed by atoms with van der Waals surface area (Å²) in [5.41, 5.74) is 0.909. The number of benzene rings is 1. The number of sulfonamides is 1. The molecule has 1 aromatic carbocycles. The summed E-state index contributed by atoms with van der Waals surface area (Å²) in [6, 6.07) is 8.00. The van der Waals surface area contributed by atoms with E-state index in [-0.39, 0.29) is 17.6 Å². The summed E-state index contributed by atoms with van der Waals surface area (Å²) in [6.45, 7) is 2.99. The lowest BCUT2D eigenvalue weighted by Gasteiger charge is -2.30. The SMILES string of the molecule is O=C(Nc1ccc(N2CCOCC2)c(F)c1)C1CCN(S(=O)(=O)c2cccs2)CC1. The third kappa shape index (κ3) is 4.51. The van der Waals surface area contributed by atoms with Crippen LogP contribution in [0.2, 0.25) is 0 Å². The van der Waals surface area contributed by atoms with E-state index in [0.29, 0.717) is 67.8 Å². The number of halogens is 1. The fraction of sp³-hybridized carbons (Fsp3) is 0.450. The highest BCUT2D eigenvalue weighted by Gasteiger charge is 2.32. The molecule has 10 heteroatoms. The van der Waals surface area contributed by atoms with Gasteiger partial charge in [0, 0.05) is 37.8 Å². The molecule has 30 heavy (non-hydrogen) atoms. The van der Waals surface area contributed by atoms with Gasteiger partial charge in [-0.15, -0.1) is 11.3 Å². The molecule has 0 unspecified atom stereocenters. The Hall–Kier alpha value is -2.01. The summed E-state index contributed by atoms with van der Waals surface area (Å²) in [5, 5.41) is 4.51. The number of nitrogens with zero attached hydrogens (tertiary/aromatic N) is 2. The Morgan fingerprint density at radius 3 is 2.50 bits per heavy atom. The molecule has 2 aliphatic heterocycles. The molecular formula is C20H24FN3O4S2. The number of carbonyl (C=O) groups excluding carboxylic acids is 1. The number of hydrogen-bond acceptors (Lipinski definition) is 6. The third-order valence-corrected chi connectivity index (χ3v) is 8.75. The van der Waals surface area contributed by atoms with Crippen LogP contribution in [0.15, 0.2) is 39.9 Å². The van der Waals surface area contributed by atoms with E-state index in [1.807, 2.05) is 4.90 Å². The highest BCUT2D eigenvalue weighted by molar-refractivity contribution is 7.91. The van der Waals surface area contributed by atoms with Crippen molar-refractivity contribution in [1.29, 1.82) is 0 Å². The van der Waals surface area contributed by atoms with Crippen LogP contribution in [-0.4, -0.2) is 58.0 Å². The summed E-state index contributed by atoms with van der Waals surface area (Å²) in [7, 11) is -3.49. The van der Waals surface area contributed by atoms with Gasteiger partial charge in [-0.05, 0) is 42.5 Å². The van der Waals surface area contributed by atoms with Crippen molar-refractivity contribution in [2.75, 3.05) is 49.6 Å². The lowest BCUT2D eigenvalue weighted by Crippen LogP contribution is -2.41. The zero-order valence-electron chi connectivity index (χ0n) is 16.4. The van der Waals surface area contributed by atoms with E-state index in [1.54, 1.807) is 29.6 Å². The molecule has 1 N–H and O–H groups in total. The van der Waals surface area contributed by atoms with Crippen LogP contribution in [0.1, 0.15) is 12.8 Å². The van der Waals surface area contributed by atoms with E-state index in [2.05, 4.69) is 5.32 Å². The number of amides is 1. The summed E-state index contributed by atoms with van der Waals surface area (Å²) in [5.74, 6) is -0.893. The molecule has 4 rings (SSSR count). The Balaban J connectivity index is 1.34. The minimum atomic E-state index is -3.49. The molecule has 0 aliphatic carbocycles. The number of nitrogens with one attached hydrogen (secondary N) is 1. The number of ether oxygens (including phenoxy) is 1. The van der Waals surface area contributed by atoms with Crippen molar-refractivity contribution in [1.82, 2.24) is 4.31 Å². The van der Waals surface area contributed by atoms with E-state index < -0.39 is 10.0 Å². The smallest absolute Gasteiger partial charge is 0.252 e. The number of thiophene rings is 1. The Morgan fingerprint density at radius 2 is 1.87 bits per heavy atom. The van der Waals surface area contributed by atoms with Crippen LogP contribution < -0.4 is 10.2 Å². The number of morpholine rings is 1. The summed E-state index contributed by atoms with van der Waals surface area (Å²) < 4.78 is 46.8. The van der Waals surface area contributed by atoms with Gasteiger partial charge >= 0.3 is 0 Å². The van der Waals surface area contributed by atoms with Crippen LogP contribution in [0.5, 0.6) is 0 Å². The minimum absolute atomic E-state index is 0.207. The van der Waals surface area contributed by atoms with Crippen molar-refractivity contribution in [2.24, 2.45) is 5.92 Å². The first-order valence-electron chi connectivity index (χ1n) is 9.92. The molecule has 0 spiro atoms. The summed E-state index contributed by atoms with van der Waals surface area (Å²) in [6.07, 6.45) is 0.871. The molecule has 2 aromatic rings. The molecule has 3 heterocycles. The molecule has 2 aliphatic rings.